The van der Waals surface area contributed by atoms with E-state index in [0.29, 0.717) is 5.11 Å². The van der Waals surface area contributed by atoms with Crippen LogP contribution < -0.4 is 10.7 Å². The third-order valence-corrected chi connectivity index (χ3v) is 2.29. The third-order valence-electron chi connectivity index (χ3n) is 1.99. The van der Waals surface area contributed by atoms with E-state index in [4.69, 9.17) is 12.2 Å². The topological polar surface area (TPSA) is 36.4 Å². The molecule has 0 saturated heterocycles. The minimum absolute atomic E-state index is 0.511. The number of rotatable bonds is 3. The molecule has 0 radical (unpaired) electrons. The van der Waals surface area contributed by atoms with Crippen LogP contribution in [0.2, 0.25) is 0 Å². The summed E-state index contributed by atoms with van der Waals surface area (Å²) >= 11 is 4.87. The first-order valence-electron chi connectivity index (χ1n) is 4.86. The van der Waals surface area contributed by atoms with Crippen LogP contribution in [-0.4, -0.2) is 18.4 Å². The van der Waals surface area contributed by atoms with E-state index in [1.807, 2.05) is 12.1 Å². The van der Waals surface area contributed by atoms with Crippen molar-refractivity contribution in [3.63, 3.8) is 0 Å². The lowest BCUT2D eigenvalue weighted by atomic mass is 10.1. The van der Waals surface area contributed by atoms with Crippen LogP contribution in [0.3, 0.4) is 0 Å². The first-order chi connectivity index (χ1) is 7.26. The molecule has 15 heavy (non-hydrogen) atoms. The van der Waals surface area contributed by atoms with E-state index >= 15 is 0 Å². The molecule has 4 heteroatoms. The average molecular weight is 221 g/mol. The Morgan fingerprint density at radius 2 is 2.07 bits per heavy atom. The van der Waals surface area contributed by atoms with Gasteiger partial charge >= 0.3 is 0 Å². The molecule has 80 valence electrons. The fraction of sp³-hybridized carbons (Fsp3) is 0.273. The zero-order valence-electron chi connectivity index (χ0n) is 8.95. The number of nitrogens with zero attached hydrogens (tertiary/aromatic N) is 1. The number of benzene rings is 1. The monoisotopic (exact) mass is 221 g/mol. The third kappa shape index (κ3) is 4.08. The minimum atomic E-state index is 0.511. The summed E-state index contributed by atoms with van der Waals surface area (Å²) in [6, 6.07) is 8.26. The molecule has 0 heterocycles. The van der Waals surface area contributed by atoms with Crippen LogP contribution in [0, 0.1) is 0 Å². The lowest BCUT2D eigenvalue weighted by molar-refractivity contribution is 0.982. The molecule has 0 aliphatic rings. The van der Waals surface area contributed by atoms with E-state index < -0.39 is 0 Å². The molecule has 0 amide bonds. The van der Waals surface area contributed by atoms with Crippen molar-refractivity contribution in [2.24, 2.45) is 5.10 Å². The standard InChI is InChI=1S/C11H15N3S/c1-3-9-4-6-10(7-5-9)8-13-14-11(15)12-2/h4-8H,3H2,1-2H3,(H2,12,14,15)/b13-8+. The zero-order chi connectivity index (χ0) is 11.1. The highest BCUT2D eigenvalue weighted by molar-refractivity contribution is 7.80. The maximum absolute atomic E-state index is 4.87. The molecule has 0 saturated carbocycles. The Morgan fingerprint density at radius 1 is 1.40 bits per heavy atom. The summed E-state index contributed by atoms with van der Waals surface area (Å²) in [6.45, 7) is 2.13. The second-order valence-electron chi connectivity index (χ2n) is 3.04. The van der Waals surface area contributed by atoms with Crippen LogP contribution in [0.1, 0.15) is 18.1 Å². The summed E-state index contributed by atoms with van der Waals surface area (Å²) in [5.74, 6) is 0. The van der Waals surface area contributed by atoms with Gasteiger partial charge in [0, 0.05) is 7.05 Å². The Morgan fingerprint density at radius 3 is 2.60 bits per heavy atom. The van der Waals surface area contributed by atoms with E-state index in [2.05, 4.69) is 34.9 Å². The number of hydrogen-bond acceptors (Lipinski definition) is 2. The number of thiocarbonyl (C=S) groups is 1. The first-order valence-corrected chi connectivity index (χ1v) is 5.26. The number of hydrazone groups is 1. The maximum atomic E-state index is 4.87. The van der Waals surface area contributed by atoms with Crippen molar-refractivity contribution in [1.82, 2.24) is 10.7 Å². The van der Waals surface area contributed by atoms with Gasteiger partial charge in [0.25, 0.3) is 0 Å². The Bertz CT molecular complexity index is 343. The van der Waals surface area contributed by atoms with Gasteiger partial charge in [0.1, 0.15) is 0 Å². The van der Waals surface area contributed by atoms with Gasteiger partial charge in [-0.25, -0.2) is 0 Å². The number of hydrogen-bond donors (Lipinski definition) is 2. The van der Waals surface area contributed by atoms with Gasteiger partial charge in [0.05, 0.1) is 6.21 Å². The van der Waals surface area contributed by atoms with E-state index in [0.717, 1.165) is 12.0 Å². The van der Waals surface area contributed by atoms with Crippen LogP contribution in [0.4, 0.5) is 0 Å². The van der Waals surface area contributed by atoms with Crippen molar-refractivity contribution in [1.29, 1.82) is 0 Å². The van der Waals surface area contributed by atoms with Gasteiger partial charge < -0.3 is 5.32 Å². The molecule has 1 aromatic rings. The van der Waals surface area contributed by atoms with Gasteiger partial charge in [-0.1, -0.05) is 31.2 Å². The summed E-state index contributed by atoms with van der Waals surface area (Å²) < 4.78 is 0. The van der Waals surface area contributed by atoms with E-state index in [9.17, 15) is 0 Å². The summed E-state index contributed by atoms with van der Waals surface area (Å²) in [6.07, 6.45) is 2.79. The lowest BCUT2D eigenvalue weighted by Gasteiger charge is -2.00. The van der Waals surface area contributed by atoms with Crippen molar-refractivity contribution < 1.29 is 0 Å². The van der Waals surface area contributed by atoms with Crippen molar-refractivity contribution in [3.05, 3.63) is 35.4 Å². The predicted octanol–water partition coefficient (Wildman–Crippen LogP) is 1.68. The molecule has 0 bridgehead atoms. The smallest absolute Gasteiger partial charge is 0.186 e. The second kappa shape index (κ2) is 6.14. The largest absolute Gasteiger partial charge is 0.364 e. The fourth-order valence-corrected chi connectivity index (χ4v) is 1.11. The normalized spacial score (nSPS) is 10.3. The quantitative estimate of drug-likeness (QED) is 0.463. The predicted molar refractivity (Wildman–Crippen MR) is 68.2 cm³/mol. The van der Waals surface area contributed by atoms with Crippen LogP contribution in [0.5, 0.6) is 0 Å². The molecule has 0 aromatic heterocycles. The molecule has 3 nitrogen and oxygen atoms in total. The fourth-order valence-electron chi connectivity index (χ4n) is 1.06. The summed E-state index contributed by atoms with van der Waals surface area (Å²) in [7, 11) is 1.75. The zero-order valence-corrected chi connectivity index (χ0v) is 9.77. The average Bonchev–Trinajstić information content (AvgIpc) is 2.29. The molecular weight excluding hydrogens is 206 g/mol. The highest BCUT2D eigenvalue weighted by Gasteiger charge is 1.90. The summed E-state index contributed by atoms with van der Waals surface area (Å²) in [5, 5.41) is 7.28. The van der Waals surface area contributed by atoms with Gasteiger partial charge in [0.15, 0.2) is 5.11 Å². The van der Waals surface area contributed by atoms with E-state index in [1.54, 1.807) is 13.3 Å². The molecule has 0 spiro atoms. The van der Waals surface area contributed by atoms with Crippen molar-refractivity contribution in [3.8, 4) is 0 Å². The van der Waals surface area contributed by atoms with Crippen LogP contribution in [-0.2, 0) is 6.42 Å². The Balaban J connectivity index is 2.53. The molecule has 0 atom stereocenters. The van der Waals surface area contributed by atoms with Gasteiger partial charge in [-0.2, -0.15) is 5.10 Å². The van der Waals surface area contributed by atoms with Crippen molar-refractivity contribution in [2.45, 2.75) is 13.3 Å². The molecule has 0 unspecified atom stereocenters. The Hall–Kier alpha value is -1.42. The molecule has 2 N–H and O–H groups in total. The second-order valence-corrected chi connectivity index (χ2v) is 3.45. The minimum Gasteiger partial charge on any atom is -0.364 e. The van der Waals surface area contributed by atoms with Gasteiger partial charge in [-0.3, -0.25) is 5.43 Å². The van der Waals surface area contributed by atoms with E-state index in [-0.39, 0.29) is 0 Å². The van der Waals surface area contributed by atoms with E-state index in [1.165, 1.54) is 5.56 Å². The van der Waals surface area contributed by atoms with Crippen LogP contribution in [0.25, 0.3) is 0 Å². The van der Waals surface area contributed by atoms with Crippen LogP contribution >= 0.6 is 12.2 Å². The Labute approximate surface area is 95.6 Å². The lowest BCUT2D eigenvalue weighted by Crippen LogP contribution is -2.28. The van der Waals surface area contributed by atoms with Crippen molar-refractivity contribution >= 4 is 23.5 Å². The van der Waals surface area contributed by atoms with Crippen molar-refractivity contribution in [2.75, 3.05) is 7.05 Å². The van der Waals surface area contributed by atoms with Gasteiger partial charge in [0.2, 0.25) is 0 Å². The summed E-state index contributed by atoms with van der Waals surface area (Å²) in [5.41, 5.74) is 5.08. The van der Waals surface area contributed by atoms with Gasteiger partial charge in [-0.15, -0.1) is 0 Å². The molecular formula is C11H15N3S. The molecule has 0 aliphatic heterocycles. The number of aryl methyl sites for hydroxylation is 1. The maximum Gasteiger partial charge on any atom is 0.186 e. The molecule has 1 rings (SSSR count). The Kier molecular flexibility index (Phi) is 4.77. The highest BCUT2D eigenvalue weighted by Crippen LogP contribution is 2.02. The number of nitrogens with one attached hydrogen (secondary N) is 2. The van der Waals surface area contributed by atoms with Crippen LogP contribution in [0.15, 0.2) is 29.4 Å². The molecule has 0 aliphatic carbocycles. The first kappa shape index (κ1) is 11.7. The molecule has 0 fully saturated rings. The van der Waals surface area contributed by atoms with Gasteiger partial charge in [-0.05, 0) is 29.8 Å². The molecule has 1 aromatic carbocycles. The SMILES string of the molecule is CCc1ccc(/C=N/NC(=S)NC)cc1. The summed E-state index contributed by atoms with van der Waals surface area (Å²) in [4.78, 5) is 0. The highest BCUT2D eigenvalue weighted by atomic mass is 32.1.